The summed E-state index contributed by atoms with van der Waals surface area (Å²) < 4.78 is 5.37. The zero-order chi connectivity index (χ0) is 29.3. The molecule has 0 amide bonds. The largest absolute Gasteiger partial charge is 0.395 e. The lowest BCUT2D eigenvalue weighted by Crippen LogP contribution is -2.29. The monoisotopic (exact) mass is 577 g/mol. The highest BCUT2D eigenvalue weighted by Crippen LogP contribution is 2.36. The number of aliphatic hydroxyl groups excluding tert-OH is 2. The number of nitriles is 1. The van der Waals surface area contributed by atoms with Crippen LogP contribution in [0.5, 0.6) is 0 Å². The molecule has 41 heavy (non-hydrogen) atoms. The Bertz CT molecular complexity index is 1260. The number of nitrogens with one attached hydrogen (secondary N) is 2. The first kappa shape index (κ1) is 32.0. The molecule has 0 saturated carbocycles. The smallest absolute Gasteiger partial charge is 0.156 e. The van der Waals surface area contributed by atoms with Crippen molar-refractivity contribution >= 4 is 40.5 Å². The number of pyridine rings is 1. The standard InChI is InChI=1S/C30H39N7O3S/c1-3-14-37(15-17-38)16-21-41-26-11-9-25(10-12-26)35-36-28-23(2)27(22-31)29(33-24-7-5-4-6-8-24)34-30(28)32-13-19-40-20-18-39/h4-12,38-39H,3,13-21H2,1-2H3,(H2,32,33,34). The van der Waals surface area contributed by atoms with Gasteiger partial charge in [0.1, 0.15) is 11.8 Å². The molecule has 0 radical (unpaired) electrons. The van der Waals surface area contributed by atoms with E-state index in [1.165, 1.54) is 0 Å². The first-order valence-electron chi connectivity index (χ1n) is 13.8. The third kappa shape index (κ3) is 10.4. The van der Waals surface area contributed by atoms with Crippen LogP contribution in [0.1, 0.15) is 24.5 Å². The molecule has 3 aromatic rings. The minimum absolute atomic E-state index is 0.0445. The van der Waals surface area contributed by atoms with Gasteiger partial charge in [0, 0.05) is 41.5 Å². The molecule has 0 aliphatic carbocycles. The Hall–Kier alpha value is -3.53. The summed E-state index contributed by atoms with van der Waals surface area (Å²) in [5, 5.41) is 43.6. The number of aromatic nitrogens is 1. The van der Waals surface area contributed by atoms with E-state index < -0.39 is 0 Å². The number of aliphatic hydroxyl groups is 2. The van der Waals surface area contributed by atoms with Crippen LogP contribution in [0.2, 0.25) is 0 Å². The van der Waals surface area contributed by atoms with Gasteiger partial charge in [0.2, 0.25) is 0 Å². The van der Waals surface area contributed by atoms with Crippen molar-refractivity contribution < 1.29 is 14.9 Å². The van der Waals surface area contributed by atoms with E-state index in [9.17, 15) is 10.4 Å². The quantitative estimate of drug-likeness (QED) is 0.0859. The topological polar surface area (TPSA) is 138 Å². The summed E-state index contributed by atoms with van der Waals surface area (Å²) >= 11 is 1.76. The molecule has 1 heterocycles. The van der Waals surface area contributed by atoms with Gasteiger partial charge in [0.25, 0.3) is 0 Å². The molecule has 1 aromatic heterocycles. The summed E-state index contributed by atoms with van der Waals surface area (Å²) in [6, 6.07) is 19.7. The van der Waals surface area contributed by atoms with E-state index in [-0.39, 0.29) is 19.8 Å². The van der Waals surface area contributed by atoms with E-state index in [2.05, 4.69) is 38.8 Å². The first-order valence-corrected chi connectivity index (χ1v) is 14.7. The van der Waals surface area contributed by atoms with Crippen LogP contribution in [0.3, 0.4) is 0 Å². The second-order valence-electron chi connectivity index (χ2n) is 9.13. The van der Waals surface area contributed by atoms with Crippen molar-refractivity contribution in [3.63, 3.8) is 0 Å². The van der Waals surface area contributed by atoms with E-state index in [0.717, 1.165) is 35.8 Å². The molecule has 0 unspecified atom stereocenters. The van der Waals surface area contributed by atoms with Crippen LogP contribution in [-0.4, -0.2) is 78.5 Å². The molecule has 11 heteroatoms. The van der Waals surface area contributed by atoms with E-state index in [1.807, 2.05) is 61.5 Å². The fourth-order valence-corrected chi connectivity index (χ4v) is 4.95. The lowest BCUT2D eigenvalue weighted by atomic mass is 10.1. The van der Waals surface area contributed by atoms with Crippen LogP contribution in [0.4, 0.5) is 28.7 Å². The number of para-hydroxylation sites is 1. The van der Waals surface area contributed by atoms with Gasteiger partial charge in [0.05, 0.1) is 37.7 Å². The number of thioether (sulfide) groups is 1. The van der Waals surface area contributed by atoms with Gasteiger partial charge in [-0.25, -0.2) is 4.98 Å². The van der Waals surface area contributed by atoms with E-state index in [1.54, 1.807) is 11.8 Å². The third-order valence-corrected chi connectivity index (χ3v) is 7.06. The van der Waals surface area contributed by atoms with Gasteiger partial charge in [-0.2, -0.15) is 10.4 Å². The fraction of sp³-hybridized carbons (Fsp3) is 0.400. The first-order chi connectivity index (χ1) is 20.1. The van der Waals surface area contributed by atoms with Gasteiger partial charge < -0.3 is 30.5 Å². The summed E-state index contributed by atoms with van der Waals surface area (Å²) in [6.07, 6.45) is 1.07. The number of hydrogen-bond donors (Lipinski definition) is 4. The van der Waals surface area contributed by atoms with Crippen molar-refractivity contribution in [1.82, 2.24) is 9.88 Å². The predicted octanol–water partition coefficient (Wildman–Crippen LogP) is 5.64. The molecule has 0 atom stereocenters. The van der Waals surface area contributed by atoms with Gasteiger partial charge in [-0.1, -0.05) is 25.1 Å². The summed E-state index contributed by atoms with van der Waals surface area (Å²) in [5.74, 6) is 1.83. The third-order valence-electron chi connectivity index (χ3n) is 6.07. The molecule has 0 fully saturated rings. The average Bonchev–Trinajstić information content (AvgIpc) is 2.98. The SMILES string of the molecule is CCCN(CCO)CCSc1ccc(N=Nc2c(NCCOCCO)nc(Nc3ccccc3)c(C#N)c2C)cc1. The molecular weight excluding hydrogens is 538 g/mol. The number of benzene rings is 2. The Labute approximate surface area is 246 Å². The van der Waals surface area contributed by atoms with E-state index in [4.69, 9.17) is 14.8 Å². The van der Waals surface area contributed by atoms with Gasteiger partial charge >= 0.3 is 0 Å². The van der Waals surface area contributed by atoms with E-state index >= 15 is 0 Å². The normalized spacial score (nSPS) is 11.2. The second-order valence-corrected chi connectivity index (χ2v) is 10.3. The molecule has 0 aliphatic rings. The average molecular weight is 578 g/mol. The molecule has 0 aliphatic heterocycles. The lowest BCUT2D eigenvalue weighted by Gasteiger charge is -2.19. The molecule has 0 bridgehead atoms. The summed E-state index contributed by atoms with van der Waals surface area (Å²) in [4.78, 5) is 8.10. The number of hydrogen-bond acceptors (Lipinski definition) is 11. The number of anilines is 3. The Morgan fingerprint density at radius 1 is 0.976 bits per heavy atom. The predicted molar refractivity (Wildman–Crippen MR) is 165 cm³/mol. The Kier molecular flexibility index (Phi) is 14.1. The van der Waals surface area contributed by atoms with Gasteiger partial charge in [-0.05, 0) is 56.3 Å². The van der Waals surface area contributed by atoms with Gasteiger partial charge in [0.15, 0.2) is 11.6 Å². The van der Waals surface area contributed by atoms with Gasteiger partial charge in [-0.3, -0.25) is 0 Å². The molecule has 3 rings (SSSR count). The van der Waals surface area contributed by atoms with Crippen LogP contribution in [-0.2, 0) is 4.74 Å². The maximum Gasteiger partial charge on any atom is 0.156 e. The van der Waals surface area contributed by atoms with Crippen LogP contribution in [0, 0.1) is 18.3 Å². The summed E-state index contributed by atoms with van der Waals surface area (Å²) in [5.41, 5.74) is 3.00. The van der Waals surface area contributed by atoms with Crippen molar-refractivity contribution in [3.05, 3.63) is 65.7 Å². The van der Waals surface area contributed by atoms with Crippen molar-refractivity contribution in [2.24, 2.45) is 10.2 Å². The van der Waals surface area contributed by atoms with Crippen LogP contribution >= 0.6 is 11.8 Å². The lowest BCUT2D eigenvalue weighted by molar-refractivity contribution is 0.0992. The number of rotatable bonds is 18. The number of azo groups is 1. The Morgan fingerprint density at radius 3 is 2.44 bits per heavy atom. The molecule has 4 N–H and O–H groups in total. The highest BCUT2D eigenvalue weighted by atomic mass is 32.2. The number of nitrogens with zero attached hydrogens (tertiary/aromatic N) is 5. The highest BCUT2D eigenvalue weighted by Gasteiger charge is 2.18. The molecular formula is C30H39N7O3S. The molecule has 2 aromatic carbocycles. The molecule has 218 valence electrons. The maximum atomic E-state index is 9.96. The Morgan fingerprint density at radius 2 is 1.76 bits per heavy atom. The summed E-state index contributed by atoms with van der Waals surface area (Å²) in [7, 11) is 0. The van der Waals surface area contributed by atoms with Crippen LogP contribution in [0.15, 0.2) is 69.7 Å². The highest BCUT2D eigenvalue weighted by molar-refractivity contribution is 7.99. The minimum atomic E-state index is -0.0445. The minimum Gasteiger partial charge on any atom is -0.395 e. The second kappa shape index (κ2) is 18.0. The molecule has 0 saturated heterocycles. The van der Waals surface area contributed by atoms with Crippen LogP contribution < -0.4 is 10.6 Å². The van der Waals surface area contributed by atoms with E-state index in [0.29, 0.717) is 53.8 Å². The zero-order valence-electron chi connectivity index (χ0n) is 23.7. The molecule has 0 spiro atoms. The van der Waals surface area contributed by atoms with Crippen molar-refractivity contribution in [2.45, 2.75) is 25.2 Å². The molecule has 10 nitrogen and oxygen atoms in total. The van der Waals surface area contributed by atoms with Crippen LogP contribution in [0.25, 0.3) is 0 Å². The maximum absolute atomic E-state index is 9.96. The summed E-state index contributed by atoms with van der Waals surface area (Å²) in [6.45, 7) is 7.77. The van der Waals surface area contributed by atoms with Gasteiger partial charge in [-0.15, -0.1) is 16.9 Å². The fourth-order valence-electron chi connectivity index (χ4n) is 4.04. The van der Waals surface area contributed by atoms with Crippen molar-refractivity contribution in [3.8, 4) is 6.07 Å². The number of ether oxygens (including phenoxy) is 1. The Balaban J connectivity index is 1.77. The zero-order valence-corrected chi connectivity index (χ0v) is 24.5. The van der Waals surface area contributed by atoms with Crippen molar-refractivity contribution in [2.75, 3.05) is 69.0 Å². The van der Waals surface area contributed by atoms with Crippen molar-refractivity contribution in [1.29, 1.82) is 5.26 Å².